The van der Waals surface area contributed by atoms with Gasteiger partial charge in [0.25, 0.3) is 5.91 Å². The molecule has 3 aromatic rings. The van der Waals surface area contributed by atoms with Crippen molar-refractivity contribution in [1.82, 2.24) is 15.1 Å². The molecular formula is C19H20BrN3O3. The van der Waals surface area contributed by atoms with Crippen molar-refractivity contribution in [3.63, 3.8) is 0 Å². The highest BCUT2D eigenvalue weighted by Gasteiger charge is 2.17. The summed E-state index contributed by atoms with van der Waals surface area (Å²) in [6.07, 6.45) is 1.73. The van der Waals surface area contributed by atoms with E-state index in [1.807, 2.05) is 48.9 Å². The van der Waals surface area contributed by atoms with Gasteiger partial charge in [-0.05, 0) is 60.1 Å². The maximum Gasteiger partial charge on any atom is 0.287 e. The van der Waals surface area contributed by atoms with Crippen LogP contribution in [-0.2, 0) is 13.2 Å². The lowest BCUT2D eigenvalue weighted by atomic mass is 10.2. The maximum absolute atomic E-state index is 12.4. The SMILES string of the molecule is CCn1nccc1C(C)NC(=O)c1ccc(COc2ccccc2Br)o1. The van der Waals surface area contributed by atoms with Gasteiger partial charge in [0.15, 0.2) is 5.76 Å². The molecule has 0 radical (unpaired) electrons. The molecule has 1 aromatic carbocycles. The van der Waals surface area contributed by atoms with Gasteiger partial charge in [-0.15, -0.1) is 0 Å². The van der Waals surface area contributed by atoms with Gasteiger partial charge in [0.05, 0.1) is 16.2 Å². The standard InChI is InChI=1S/C19H20BrN3O3/c1-3-23-16(10-11-21-23)13(2)22-19(24)18-9-8-14(26-18)12-25-17-7-5-4-6-15(17)20/h4-11,13H,3,12H2,1-2H3,(H,22,24). The Morgan fingerprint density at radius 1 is 1.31 bits per heavy atom. The van der Waals surface area contributed by atoms with Gasteiger partial charge >= 0.3 is 0 Å². The number of benzene rings is 1. The van der Waals surface area contributed by atoms with Gasteiger partial charge in [0, 0.05) is 12.7 Å². The first-order chi connectivity index (χ1) is 12.6. The second-order valence-corrected chi connectivity index (χ2v) is 6.61. The average Bonchev–Trinajstić information content (AvgIpc) is 3.30. The summed E-state index contributed by atoms with van der Waals surface area (Å²) in [5.74, 6) is 1.28. The Hall–Kier alpha value is -2.54. The number of aryl methyl sites for hydroxylation is 1. The highest BCUT2D eigenvalue weighted by molar-refractivity contribution is 9.10. The molecule has 6 nitrogen and oxygen atoms in total. The van der Waals surface area contributed by atoms with Crippen LogP contribution in [0.5, 0.6) is 5.75 Å². The van der Waals surface area contributed by atoms with Crippen LogP contribution < -0.4 is 10.1 Å². The number of nitrogens with one attached hydrogen (secondary N) is 1. The molecule has 1 atom stereocenters. The molecule has 0 fully saturated rings. The Morgan fingerprint density at radius 3 is 2.88 bits per heavy atom. The monoisotopic (exact) mass is 417 g/mol. The quantitative estimate of drug-likeness (QED) is 0.620. The highest BCUT2D eigenvalue weighted by atomic mass is 79.9. The van der Waals surface area contributed by atoms with E-state index < -0.39 is 0 Å². The highest BCUT2D eigenvalue weighted by Crippen LogP contribution is 2.25. The Balaban J connectivity index is 1.60. The predicted molar refractivity (Wildman–Crippen MR) is 101 cm³/mol. The molecule has 0 saturated carbocycles. The number of ether oxygens (including phenoxy) is 1. The van der Waals surface area contributed by atoms with Crippen molar-refractivity contribution in [3.05, 3.63) is 70.3 Å². The van der Waals surface area contributed by atoms with Gasteiger partial charge in [-0.3, -0.25) is 9.48 Å². The van der Waals surface area contributed by atoms with Crippen LogP contribution in [0.25, 0.3) is 0 Å². The van der Waals surface area contributed by atoms with Gasteiger partial charge in [0.1, 0.15) is 18.1 Å². The molecule has 0 aliphatic heterocycles. The normalized spacial score (nSPS) is 12.0. The van der Waals surface area contributed by atoms with Gasteiger partial charge in [-0.1, -0.05) is 12.1 Å². The first-order valence-corrected chi connectivity index (χ1v) is 9.16. The second kappa shape index (κ2) is 8.23. The van der Waals surface area contributed by atoms with Crippen LogP contribution in [0, 0.1) is 0 Å². The fourth-order valence-electron chi connectivity index (χ4n) is 2.60. The maximum atomic E-state index is 12.4. The summed E-state index contributed by atoms with van der Waals surface area (Å²) in [5.41, 5.74) is 0.949. The summed E-state index contributed by atoms with van der Waals surface area (Å²) in [6.45, 7) is 4.92. The summed E-state index contributed by atoms with van der Waals surface area (Å²) in [5, 5.41) is 7.15. The Bertz CT molecular complexity index is 888. The van der Waals surface area contributed by atoms with E-state index in [1.165, 1.54) is 0 Å². The average molecular weight is 418 g/mol. The number of nitrogens with zero attached hydrogens (tertiary/aromatic N) is 2. The molecule has 26 heavy (non-hydrogen) atoms. The van der Waals surface area contributed by atoms with Crippen molar-refractivity contribution in [2.75, 3.05) is 0 Å². The molecular weight excluding hydrogens is 398 g/mol. The third-order valence-electron chi connectivity index (χ3n) is 3.93. The zero-order valence-electron chi connectivity index (χ0n) is 14.6. The van der Waals surface area contributed by atoms with Crippen LogP contribution >= 0.6 is 15.9 Å². The number of hydrogen-bond donors (Lipinski definition) is 1. The van der Waals surface area contributed by atoms with Gasteiger partial charge < -0.3 is 14.5 Å². The number of rotatable bonds is 7. The summed E-state index contributed by atoms with van der Waals surface area (Å²) in [7, 11) is 0. The Labute approximate surface area is 160 Å². The van der Waals surface area contributed by atoms with Crippen molar-refractivity contribution in [3.8, 4) is 5.75 Å². The van der Waals surface area contributed by atoms with E-state index >= 15 is 0 Å². The van der Waals surface area contributed by atoms with E-state index in [2.05, 4.69) is 26.3 Å². The molecule has 0 aliphatic rings. The molecule has 0 bridgehead atoms. The van der Waals surface area contributed by atoms with Crippen LogP contribution in [0.4, 0.5) is 0 Å². The number of aromatic nitrogens is 2. The second-order valence-electron chi connectivity index (χ2n) is 5.75. The summed E-state index contributed by atoms with van der Waals surface area (Å²) >= 11 is 3.43. The van der Waals surface area contributed by atoms with E-state index in [4.69, 9.17) is 9.15 Å². The number of hydrogen-bond acceptors (Lipinski definition) is 4. The molecule has 2 aromatic heterocycles. The lowest BCUT2D eigenvalue weighted by Crippen LogP contribution is -2.28. The van der Waals surface area contributed by atoms with Gasteiger partial charge in [-0.2, -0.15) is 5.10 Å². The largest absolute Gasteiger partial charge is 0.484 e. The molecule has 0 spiro atoms. The van der Waals surface area contributed by atoms with Crippen LogP contribution in [0.3, 0.4) is 0 Å². The minimum Gasteiger partial charge on any atom is -0.484 e. The zero-order valence-corrected chi connectivity index (χ0v) is 16.2. The van der Waals surface area contributed by atoms with Crippen LogP contribution in [0.15, 0.2) is 57.6 Å². The summed E-state index contributed by atoms with van der Waals surface area (Å²) in [4.78, 5) is 12.4. The molecule has 7 heteroatoms. The van der Waals surface area contributed by atoms with E-state index in [-0.39, 0.29) is 24.3 Å². The number of para-hydroxylation sites is 1. The number of amides is 1. The topological polar surface area (TPSA) is 69.3 Å². The molecule has 0 aliphatic carbocycles. The van der Waals surface area contributed by atoms with E-state index in [1.54, 1.807) is 18.3 Å². The minimum absolute atomic E-state index is 0.171. The smallest absolute Gasteiger partial charge is 0.287 e. The fourth-order valence-corrected chi connectivity index (χ4v) is 3.00. The number of halogens is 1. The van der Waals surface area contributed by atoms with Crippen molar-refractivity contribution in [2.24, 2.45) is 0 Å². The molecule has 1 amide bonds. The molecule has 1 N–H and O–H groups in total. The number of carbonyl (C=O) groups excluding carboxylic acids is 1. The van der Waals surface area contributed by atoms with E-state index in [9.17, 15) is 4.79 Å². The zero-order chi connectivity index (χ0) is 18.5. The van der Waals surface area contributed by atoms with Gasteiger partial charge in [-0.25, -0.2) is 0 Å². The lowest BCUT2D eigenvalue weighted by Gasteiger charge is -2.14. The van der Waals surface area contributed by atoms with Crippen LogP contribution in [0.1, 0.15) is 41.9 Å². The Kier molecular flexibility index (Phi) is 5.78. The molecule has 136 valence electrons. The van der Waals surface area contributed by atoms with Crippen LogP contribution in [-0.4, -0.2) is 15.7 Å². The van der Waals surface area contributed by atoms with Crippen molar-refractivity contribution in [1.29, 1.82) is 0 Å². The third-order valence-corrected chi connectivity index (χ3v) is 4.59. The van der Waals surface area contributed by atoms with Crippen molar-refractivity contribution < 1.29 is 13.9 Å². The first kappa shape index (κ1) is 18.3. The third kappa shape index (κ3) is 4.16. The predicted octanol–water partition coefficient (Wildman–Crippen LogP) is 4.33. The van der Waals surface area contributed by atoms with Crippen LogP contribution in [0.2, 0.25) is 0 Å². The minimum atomic E-state index is -0.270. The molecule has 3 rings (SSSR count). The number of carbonyl (C=O) groups is 1. The summed E-state index contributed by atoms with van der Waals surface area (Å²) < 4.78 is 14.0. The first-order valence-electron chi connectivity index (χ1n) is 8.37. The lowest BCUT2D eigenvalue weighted by molar-refractivity contribution is 0.0906. The van der Waals surface area contributed by atoms with E-state index in [0.29, 0.717) is 5.76 Å². The molecule has 0 saturated heterocycles. The fraction of sp³-hybridized carbons (Fsp3) is 0.263. The van der Waals surface area contributed by atoms with Gasteiger partial charge in [0.2, 0.25) is 0 Å². The molecule has 2 heterocycles. The van der Waals surface area contributed by atoms with Crippen molar-refractivity contribution in [2.45, 2.75) is 33.0 Å². The molecule has 1 unspecified atom stereocenters. The summed E-state index contributed by atoms with van der Waals surface area (Å²) in [6, 6.07) is 12.7. The Morgan fingerprint density at radius 2 is 2.12 bits per heavy atom. The van der Waals surface area contributed by atoms with Crippen molar-refractivity contribution >= 4 is 21.8 Å². The van der Waals surface area contributed by atoms with E-state index in [0.717, 1.165) is 22.5 Å². The number of furan rings is 1.